The first-order valence-electron chi connectivity index (χ1n) is 5.30. The molecule has 1 rings (SSSR count). The van der Waals surface area contributed by atoms with Gasteiger partial charge in [0, 0.05) is 19.1 Å². The Kier molecular flexibility index (Phi) is 4.75. The van der Waals surface area contributed by atoms with E-state index in [9.17, 15) is 0 Å². The average molecular weight is 208 g/mol. The zero-order chi connectivity index (χ0) is 11.3. The number of nitrogens with two attached hydrogens (primary N) is 1. The molecule has 3 heteroatoms. The van der Waals surface area contributed by atoms with Gasteiger partial charge in [-0.1, -0.05) is 29.3 Å². The zero-order valence-corrected chi connectivity index (χ0v) is 9.46. The topological polar surface area (TPSA) is 58.3 Å². The third kappa shape index (κ3) is 3.63. The maximum atomic E-state index is 8.76. The molecule has 1 atom stereocenters. The van der Waals surface area contributed by atoms with Gasteiger partial charge in [0.2, 0.25) is 0 Å². The van der Waals surface area contributed by atoms with Crippen molar-refractivity contribution in [1.29, 1.82) is 0 Å². The summed E-state index contributed by atoms with van der Waals surface area (Å²) in [5, 5.41) is 12.0. The van der Waals surface area contributed by atoms with Crippen molar-refractivity contribution < 1.29 is 5.11 Å². The summed E-state index contributed by atoms with van der Waals surface area (Å²) in [6, 6.07) is 6.54. The zero-order valence-electron chi connectivity index (χ0n) is 9.46. The van der Waals surface area contributed by atoms with Crippen LogP contribution in [-0.4, -0.2) is 24.8 Å². The van der Waals surface area contributed by atoms with Gasteiger partial charge in [-0.2, -0.15) is 0 Å². The molecule has 1 aromatic rings. The molecular formula is C12H20N2O. The lowest BCUT2D eigenvalue weighted by Crippen LogP contribution is -2.30. The Labute approximate surface area is 91.3 Å². The summed E-state index contributed by atoms with van der Waals surface area (Å²) >= 11 is 0. The number of aryl methyl sites for hydroxylation is 2. The number of hydrogen-bond acceptors (Lipinski definition) is 3. The van der Waals surface area contributed by atoms with E-state index in [0.29, 0.717) is 13.1 Å². The Morgan fingerprint density at radius 1 is 1.27 bits per heavy atom. The van der Waals surface area contributed by atoms with Crippen molar-refractivity contribution in [2.75, 3.05) is 19.7 Å². The van der Waals surface area contributed by atoms with Crippen LogP contribution in [0.1, 0.15) is 22.7 Å². The van der Waals surface area contributed by atoms with Crippen LogP contribution in [0.15, 0.2) is 18.2 Å². The molecular weight excluding hydrogens is 188 g/mol. The standard InChI is InChI=1S/C12H20N2O/c1-9-5-10(2)7-11(6-9)12(8-13)14-3-4-15/h5-7,12,14-15H,3-4,8,13H2,1-2H3. The Bertz CT molecular complexity index is 292. The summed E-state index contributed by atoms with van der Waals surface area (Å²) in [5.41, 5.74) is 9.39. The Balaban J connectivity index is 2.81. The lowest BCUT2D eigenvalue weighted by molar-refractivity contribution is 0.285. The SMILES string of the molecule is Cc1cc(C)cc(C(CN)NCCO)c1. The van der Waals surface area contributed by atoms with Gasteiger partial charge in [-0.3, -0.25) is 0 Å². The van der Waals surface area contributed by atoms with Crippen molar-refractivity contribution in [2.24, 2.45) is 5.73 Å². The smallest absolute Gasteiger partial charge is 0.0556 e. The number of aliphatic hydroxyl groups is 1. The molecule has 0 saturated carbocycles. The molecule has 0 aliphatic heterocycles. The predicted octanol–water partition coefficient (Wildman–Crippen LogP) is 0.885. The van der Waals surface area contributed by atoms with Gasteiger partial charge in [0.1, 0.15) is 0 Å². The van der Waals surface area contributed by atoms with E-state index in [1.807, 2.05) is 0 Å². The fourth-order valence-electron chi connectivity index (χ4n) is 1.79. The van der Waals surface area contributed by atoms with Gasteiger partial charge in [0.05, 0.1) is 6.61 Å². The highest BCUT2D eigenvalue weighted by molar-refractivity contribution is 5.30. The number of aliphatic hydroxyl groups excluding tert-OH is 1. The fourth-order valence-corrected chi connectivity index (χ4v) is 1.79. The molecule has 1 unspecified atom stereocenters. The normalized spacial score (nSPS) is 12.8. The fraction of sp³-hybridized carbons (Fsp3) is 0.500. The van der Waals surface area contributed by atoms with Crippen molar-refractivity contribution in [2.45, 2.75) is 19.9 Å². The highest BCUT2D eigenvalue weighted by Crippen LogP contribution is 2.15. The number of rotatable bonds is 5. The van der Waals surface area contributed by atoms with E-state index in [-0.39, 0.29) is 12.6 Å². The largest absolute Gasteiger partial charge is 0.395 e. The summed E-state index contributed by atoms with van der Waals surface area (Å²) in [6.07, 6.45) is 0. The first-order valence-corrected chi connectivity index (χ1v) is 5.30. The number of nitrogens with one attached hydrogen (secondary N) is 1. The van der Waals surface area contributed by atoms with Crippen molar-refractivity contribution in [3.8, 4) is 0 Å². The summed E-state index contributed by atoms with van der Waals surface area (Å²) in [4.78, 5) is 0. The molecule has 0 radical (unpaired) electrons. The summed E-state index contributed by atoms with van der Waals surface area (Å²) in [6.45, 7) is 5.42. The van der Waals surface area contributed by atoms with Crippen LogP contribution in [0.25, 0.3) is 0 Å². The molecule has 0 heterocycles. The monoisotopic (exact) mass is 208 g/mol. The second-order valence-electron chi connectivity index (χ2n) is 3.89. The quantitative estimate of drug-likeness (QED) is 0.673. The molecule has 0 aliphatic rings. The summed E-state index contributed by atoms with van der Waals surface area (Å²) in [5.74, 6) is 0. The van der Waals surface area contributed by atoms with Crippen LogP contribution in [0.5, 0.6) is 0 Å². The van der Waals surface area contributed by atoms with Crippen molar-refractivity contribution >= 4 is 0 Å². The van der Waals surface area contributed by atoms with E-state index in [4.69, 9.17) is 10.8 Å². The van der Waals surface area contributed by atoms with E-state index < -0.39 is 0 Å². The minimum atomic E-state index is 0.135. The van der Waals surface area contributed by atoms with E-state index in [1.165, 1.54) is 16.7 Å². The molecule has 0 amide bonds. The van der Waals surface area contributed by atoms with Gasteiger partial charge < -0.3 is 16.2 Å². The van der Waals surface area contributed by atoms with Crippen LogP contribution in [0.4, 0.5) is 0 Å². The molecule has 0 bridgehead atoms. The van der Waals surface area contributed by atoms with Crippen molar-refractivity contribution in [3.05, 3.63) is 34.9 Å². The molecule has 84 valence electrons. The van der Waals surface area contributed by atoms with E-state index >= 15 is 0 Å². The van der Waals surface area contributed by atoms with Crippen molar-refractivity contribution in [1.82, 2.24) is 5.32 Å². The van der Waals surface area contributed by atoms with Crippen LogP contribution < -0.4 is 11.1 Å². The lowest BCUT2D eigenvalue weighted by Gasteiger charge is -2.17. The highest BCUT2D eigenvalue weighted by Gasteiger charge is 2.08. The minimum Gasteiger partial charge on any atom is -0.395 e. The number of benzene rings is 1. The molecule has 0 fully saturated rings. The third-order valence-corrected chi connectivity index (χ3v) is 2.38. The van der Waals surface area contributed by atoms with Gasteiger partial charge in [-0.25, -0.2) is 0 Å². The summed E-state index contributed by atoms with van der Waals surface area (Å²) < 4.78 is 0. The Hall–Kier alpha value is -0.900. The highest BCUT2D eigenvalue weighted by atomic mass is 16.3. The van der Waals surface area contributed by atoms with Crippen LogP contribution >= 0.6 is 0 Å². The van der Waals surface area contributed by atoms with E-state index in [2.05, 4.69) is 37.4 Å². The van der Waals surface area contributed by atoms with Crippen LogP contribution in [0.2, 0.25) is 0 Å². The molecule has 4 N–H and O–H groups in total. The van der Waals surface area contributed by atoms with Crippen molar-refractivity contribution in [3.63, 3.8) is 0 Å². The molecule has 1 aromatic carbocycles. The molecule has 0 aromatic heterocycles. The molecule has 0 spiro atoms. The van der Waals surface area contributed by atoms with E-state index in [1.54, 1.807) is 0 Å². The first kappa shape index (κ1) is 12.2. The summed E-state index contributed by atoms with van der Waals surface area (Å²) in [7, 11) is 0. The lowest BCUT2D eigenvalue weighted by atomic mass is 10.0. The van der Waals surface area contributed by atoms with E-state index in [0.717, 1.165) is 0 Å². The number of hydrogen-bond donors (Lipinski definition) is 3. The molecule has 0 saturated heterocycles. The molecule has 0 aliphatic carbocycles. The Morgan fingerprint density at radius 2 is 1.87 bits per heavy atom. The molecule has 3 nitrogen and oxygen atoms in total. The molecule has 15 heavy (non-hydrogen) atoms. The van der Waals surface area contributed by atoms with Gasteiger partial charge in [-0.05, 0) is 19.4 Å². The maximum Gasteiger partial charge on any atom is 0.0556 e. The van der Waals surface area contributed by atoms with Crippen LogP contribution in [0, 0.1) is 13.8 Å². The van der Waals surface area contributed by atoms with Gasteiger partial charge in [0.15, 0.2) is 0 Å². The predicted molar refractivity (Wildman–Crippen MR) is 62.8 cm³/mol. The minimum absolute atomic E-state index is 0.135. The van der Waals surface area contributed by atoms with Crippen LogP contribution in [0.3, 0.4) is 0 Å². The third-order valence-electron chi connectivity index (χ3n) is 2.38. The van der Waals surface area contributed by atoms with Gasteiger partial charge in [0.25, 0.3) is 0 Å². The maximum absolute atomic E-state index is 8.76. The second-order valence-corrected chi connectivity index (χ2v) is 3.89. The van der Waals surface area contributed by atoms with Gasteiger partial charge in [-0.15, -0.1) is 0 Å². The Morgan fingerprint density at radius 3 is 2.33 bits per heavy atom. The second kappa shape index (κ2) is 5.85. The first-order chi connectivity index (χ1) is 7.17. The van der Waals surface area contributed by atoms with Gasteiger partial charge >= 0.3 is 0 Å². The van der Waals surface area contributed by atoms with Crippen LogP contribution in [-0.2, 0) is 0 Å². The average Bonchev–Trinajstić information content (AvgIpc) is 2.17.